The minimum atomic E-state index is 0.441. The molecule has 0 aliphatic heterocycles. The van der Waals surface area contributed by atoms with E-state index in [1.54, 1.807) is 11.3 Å². The summed E-state index contributed by atoms with van der Waals surface area (Å²) in [4.78, 5) is 16.1. The van der Waals surface area contributed by atoms with Gasteiger partial charge in [0.1, 0.15) is 6.29 Å². The molecule has 1 rings (SSSR count). The summed E-state index contributed by atoms with van der Waals surface area (Å²) in [6, 6.07) is 0. The van der Waals surface area contributed by atoms with Crippen LogP contribution in [0.1, 0.15) is 35.3 Å². The smallest absolute Gasteiger partial charge is 0.125 e. The topological polar surface area (TPSA) is 42.0 Å². The lowest BCUT2D eigenvalue weighted by molar-refractivity contribution is -0.107. The van der Waals surface area contributed by atoms with Crippen molar-refractivity contribution in [1.29, 1.82) is 0 Å². The molecule has 0 saturated heterocycles. The summed E-state index contributed by atoms with van der Waals surface area (Å²) in [5.74, 6) is 0.441. The summed E-state index contributed by atoms with van der Waals surface area (Å²) in [7, 11) is 1.89. The SMILES string of the molecule is CNCc1nc(C(C)C)sc1CC=O. The predicted octanol–water partition coefficient (Wildman–Crippen LogP) is 1.73. The average Bonchev–Trinajstić information content (AvgIpc) is 2.50. The maximum atomic E-state index is 10.5. The first-order valence-corrected chi connectivity index (χ1v) is 5.57. The lowest BCUT2D eigenvalue weighted by Crippen LogP contribution is -2.07. The third-order valence-corrected chi connectivity index (χ3v) is 3.32. The Morgan fingerprint density at radius 1 is 1.57 bits per heavy atom. The van der Waals surface area contributed by atoms with Crippen molar-refractivity contribution in [1.82, 2.24) is 10.3 Å². The van der Waals surface area contributed by atoms with E-state index in [2.05, 4.69) is 24.1 Å². The van der Waals surface area contributed by atoms with Crippen molar-refractivity contribution in [3.05, 3.63) is 15.6 Å². The Kier molecular flexibility index (Phi) is 4.22. The van der Waals surface area contributed by atoms with Crippen molar-refractivity contribution in [3.63, 3.8) is 0 Å². The maximum absolute atomic E-state index is 10.5. The van der Waals surface area contributed by atoms with E-state index in [1.165, 1.54) is 0 Å². The summed E-state index contributed by atoms with van der Waals surface area (Å²) >= 11 is 1.65. The lowest BCUT2D eigenvalue weighted by atomic mass is 10.2. The molecule has 3 nitrogen and oxygen atoms in total. The van der Waals surface area contributed by atoms with E-state index in [0.29, 0.717) is 12.3 Å². The molecular weight excluding hydrogens is 196 g/mol. The van der Waals surface area contributed by atoms with E-state index < -0.39 is 0 Å². The Labute approximate surface area is 88.6 Å². The Morgan fingerprint density at radius 3 is 2.79 bits per heavy atom. The van der Waals surface area contributed by atoms with Gasteiger partial charge in [0.25, 0.3) is 0 Å². The molecule has 1 heterocycles. The Morgan fingerprint density at radius 2 is 2.29 bits per heavy atom. The van der Waals surface area contributed by atoms with Gasteiger partial charge in [-0.3, -0.25) is 0 Å². The lowest BCUT2D eigenvalue weighted by Gasteiger charge is -1.97. The minimum absolute atomic E-state index is 0.441. The largest absolute Gasteiger partial charge is 0.314 e. The van der Waals surface area contributed by atoms with E-state index in [0.717, 1.165) is 28.4 Å². The van der Waals surface area contributed by atoms with Gasteiger partial charge in [-0.15, -0.1) is 11.3 Å². The fourth-order valence-electron chi connectivity index (χ4n) is 1.19. The highest BCUT2D eigenvalue weighted by molar-refractivity contribution is 7.11. The molecule has 14 heavy (non-hydrogen) atoms. The molecule has 0 aliphatic rings. The summed E-state index contributed by atoms with van der Waals surface area (Å²) < 4.78 is 0. The number of hydrogen-bond donors (Lipinski definition) is 1. The van der Waals surface area contributed by atoms with Crippen molar-refractivity contribution >= 4 is 17.6 Å². The number of aromatic nitrogens is 1. The van der Waals surface area contributed by atoms with E-state index in [-0.39, 0.29) is 0 Å². The number of nitrogens with one attached hydrogen (secondary N) is 1. The van der Waals surface area contributed by atoms with Gasteiger partial charge in [-0.1, -0.05) is 13.8 Å². The van der Waals surface area contributed by atoms with Gasteiger partial charge < -0.3 is 10.1 Å². The third kappa shape index (κ3) is 2.62. The molecule has 0 aromatic carbocycles. The van der Waals surface area contributed by atoms with E-state index >= 15 is 0 Å². The van der Waals surface area contributed by atoms with Gasteiger partial charge >= 0.3 is 0 Å². The number of thiazole rings is 1. The van der Waals surface area contributed by atoms with E-state index in [1.807, 2.05) is 7.05 Å². The average molecular weight is 212 g/mol. The third-order valence-electron chi connectivity index (χ3n) is 1.90. The molecular formula is C10H16N2OS. The number of hydrogen-bond acceptors (Lipinski definition) is 4. The van der Waals surface area contributed by atoms with Gasteiger partial charge in [0.05, 0.1) is 10.7 Å². The van der Waals surface area contributed by atoms with Crippen molar-refractivity contribution in [2.24, 2.45) is 0 Å². The summed E-state index contributed by atoms with van der Waals surface area (Å²) in [5, 5.41) is 4.18. The molecule has 0 bridgehead atoms. The van der Waals surface area contributed by atoms with Crippen LogP contribution in [0.25, 0.3) is 0 Å². The van der Waals surface area contributed by atoms with Gasteiger partial charge in [0.2, 0.25) is 0 Å². The van der Waals surface area contributed by atoms with Crippen LogP contribution in [0.2, 0.25) is 0 Å². The standard InChI is InChI=1S/C10H16N2OS/c1-7(2)10-12-8(6-11-3)9(14-10)4-5-13/h5,7,11H,4,6H2,1-3H3. The van der Waals surface area contributed by atoms with Crippen LogP contribution in [-0.2, 0) is 17.8 Å². The molecule has 0 aliphatic carbocycles. The molecule has 1 N–H and O–H groups in total. The summed E-state index contributed by atoms with van der Waals surface area (Å²) in [6.45, 7) is 4.98. The zero-order chi connectivity index (χ0) is 10.6. The van der Waals surface area contributed by atoms with Gasteiger partial charge in [-0.05, 0) is 7.05 Å². The van der Waals surface area contributed by atoms with Crippen LogP contribution in [-0.4, -0.2) is 18.3 Å². The molecule has 0 spiro atoms. The van der Waals surface area contributed by atoms with Crippen LogP contribution >= 0.6 is 11.3 Å². The van der Waals surface area contributed by atoms with Crippen molar-refractivity contribution in [2.45, 2.75) is 32.7 Å². The zero-order valence-corrected chi connectivity index (χ0v) is 9.65. The van der Waals surface area contributed by atoms with Crippen LogP contribution in [0.3, 0.4) is 0 Å². The molecule has 4 heteroatoms. The first-order chi connectivity index (χ1) is 6.69. The molecule has 0 amide bonds. The molecule has 0 radical (unpaired) electrons. The Bertz CT molecular complexity index is 307. The number of carbonyl (C=O) groups excluding carboxylic acids is 1. The number of aldehydes is 1. The maximum Gasteiger partial charge on any atom is 0.125 e. The first kappa shape index (κ1) is 11.3. The molecule has 1 aromatic rings. The molecule has 0 unspecified atom stereocenters. The van der Waals surface area contributed by atoms with Crippen LogP contribution < -0.4 is 5.32 Å². The molecule has 0 atom stereocenters. The second-order valence-corrected chi connectivity index (χ2v) is 4.59. The molecule has 1 aromatic heterocycles. The van der Waals surface area contributed by atoms with Crippen LogP contribution in [0.4, 0.5) is 0 Å². The quantitative estimate of drug-likeness (QED) is 0.756. The summed E-state index contributed by atoms with van der Waals surface area (Å²) in [5.41, 5.74) is 1.02. The van der Waals surface area contributed by atoms with Gasteiger partial charge in [0.15, 0.2) is 0 Å². The van der Waals surface area contributed by atoms with Crippen LogP contribution in [0, 0.1) is 0 Å². The normalized spacial score (nSPS) is 10.9. The minimum Gasteiger partial charge on any atom is -0.314 e. The van der Waals surface area contributed by atoms with Gasteiger partial charge in [-0.25, -0.2) is 4.98 Å². The fraction of sp³-hybridized carbons (Fsp3) is 0.600. The van der Waals surface area contributed by atoms with E-state index in [9.17, 15) is 4.79 Å². The van der Waals surface area contributed by atoms with Crippen molar-refractivity contribution in [3.8, 4) is 0 Å². The number of rotatable bonds is 5. The highest BCUT2D eigenvalue weighted by Crippen LogP contribution is 2.24. The highest BCUT2D eigenvalue weighted by Gasteiger charge is 2.11. The Hall–Kier alpha value is -0.740. The molecule has 0 saturated carbocycles. The molecule has 78 valence electrons. The van der Waals surface area contributed by atoms with Crippen molar-refractivity contribution < 1.29 is 4.79 Å². The second-order valence-electron chi connectivity index (χ2n) is 3.48. The van der Waals surface area contributed by atoms with E-state index in [4.69, 9.17) is 0 Å². The predicted molar refractivity (Wildman–Crippen MR) is 58.7 cm³/mol. The monoisotopic (exact) mass is 212 g/mol. The van der Waals surface area contributed by atoms with Crippen LogP contribution in [0.5, 0.6) is 0 Å². The molecule has 0 fully saturated rings. The van der Waals surface area contributed by atoms with Crippen LogP contribution in [0.15, 0.2) is 0 Å². The highest BCUT2D eigenvalue weighted by atomic mass is 32.1. The number of carbonyl (C=O) groups is 1. The zero-order valence-electron chi connectivity index (χ0n) is 8.83. The van der Waals surface area contributed by atoms with Gasteiger partial charge in [0, 0.05) is 23.8 Å². The first-order valence-electron chi connectivity index (χ1n) is 4.75. The number of nitrogens with zero attached hydrogens (tertiary/aromatic N) is 1. The van der Waals surface area contributed by atoms with Crippen molar-refractivity contribution in [2.75, 3.05) is 7.05 Å². The van der Waals surface area contributed by atoms with Gasteiger partial charge in [-0.2, -0.15) is 0 Å². The summed E-state index contributed by atoms with van der Waals surface area (Å²) in [6.07, 6.45) is 1.43. The Balaban J connectivity index is 2.92. The second kappa shape index (κ2) is 5.22. The fourth-order valence-corrected chi connectivity index (χ4v) is 2.22.